The Bertz CT molecular complexity index is 695. The maximum absolute atomic E-state index is 12.7. The van der Waals surface area contributed by atoms with Crippen molar-refractivity contribution in [3.8, 4) is 0 Å². The van der Waals surface area contributed by atoms with E-state index in [1.54, 1.807) is 0 Å². The number of nitrogens with zero attached hydrogens (tertiary/aromatic N) is 2. The molecule has 2 aromatic rings. The van der Waals surface area contributed by atoms with Gasteiger partial charge in [0, 0.05) is 34.6 Å². The summed E-state index contributed by atoms with van der Waals surface area (Å²) in [7, 11) is 0. The lowest BCUT2D eigenvalue weighted by atomic mass is 10.1. The van der Waals surface area contributed by atoms with Gasteiger partial charge in [0.1, 0.15) is 0 Å². The molecule has 1 N–H and O–H groups in total. The largest absolute Gasteiger partial charge is 0.345 e. The van der Waals surface area contributed by atoms with Crippen molar-refractivity contribution in [3.63, 3.8) is 0 Å². The maximum atomic E-state index is 12.7. The van der Waals surface area contributed by atoms with Crippen molar-refractivity contribution in [2.45, 2.75) is 32.9 Å². The summed E-state index contributed by atoms with van der Waals surface area (Å²) in [6.07, 6.45) is 0.912. The summed E-state index contributed by atoms with van der Waals surface area (Å²) in [5.74, 6) is 0. The minimum Gasteiger partial charge on any atom is -0.345 e. The Morgan fingerprint density at radius 2 is 2.14 bits per heavy atom. The average molecular weight is 362 g/mol. The average Bonchev–Trinajstić information content (AvgIpc) is 2.88. The van der Waals surface area contributed by atoms with E-state index >= 15 is 0 Å². The molecule has 0 spiro atoms. The molecule has 0 fully saturated rings. The summed E-state index contributed by atoms with van der Waals surface area (Å²) in [6, 6.07) is 12.1. The Hall–Kier alpha value is -1.75. The molecule has 0 saturated heterocycles. The van der Waals surface area contributed by atoms with Crippen molar-refractivity contribution >= 4 is 27.6 Å². The summed E-state index contributed by atoms with van der Waals surface area (Å²) < 4.78 is 3.28. The number of rotatable bonds is 2. The van der Waals surface area contributed by atoms with E-state index in [2.05, 4.69) is 51.8 Å². The molecule has 1 atom stereocenters. The third-order valence-corrected chi connectivity index (χ3v) is 4.73. The van der Waals surface area contributed by atoms with Crippen LogP contribution in [0, 0.1) is 6.92 Å². The normalized spacial score (nSPS) is 17.2. The molecule has 3 rings (SSSR count). The van der Waals surface area contributed by atoms with Gasteiger partial charge in [-0.25, -0.2) is 4.79 Å². The molecule has 1 aliphatic heterocycles. The Kier molecular flexibility index (Phi) is 4.25. The van der Waals surface area contributed by atoms with E-state index in [1.165, 1.54) is 11.4 Å². The molecule has 0 radical (unpaired) electrons. The van der Waals surface area contributed by atoms with Crippen LogP contribution in [0.25, 0.3) is 0 Å². The third kappa shape index (κ3) is 2.77. The second kappa shape index (κ2) is 6.16. The lowest BCUT2D eigenvalue weighted by molar-refractivity contribution is 0.165. The molecule has 2 amide bonds. The summed E-state index contributed by atoms with van der Waals surface area (Å²) in [5.41, 5.74) is 3.31. The molecule has 116 valence electrons. The molecule has 0 bridgehead atoms. The van der Waals surface area contributed by atoms with Gasteiger partial charge in [0.25, 0.3) is 0 Å². The Morgan fingerprint density at radius 1 is 1.32 bits per heavy atom. The van der Waals surface area contributed by atoms with E-state index in [1.807, 2.05) is 29.2 Å². The second-order valence-corrected chi connectivity index (χ2v) is 6.52. The van der Waals surface area contributed by atoms with Gasteiger partial charge in [-0.15, -0.1) is 0 Å². The van der Waals surface area contributed by atoms with Crippen LogP contribution >= 0.6 is 15.9 Å². The molecular formula is C17H20BrN3O. The van der Waals surface area contributed by atoms with Gasteiger partial charge in [-0.2, -0.15) is 0 Å². The lowest BCUT2D eigenvalue weighted by Crippen LogP contribution is -2.44. The zero-order valence-electron chi connectivity index (χ0n) is 12.8. The predicted molar refractivity (Wildman–Crippen MR) is 92.1 cm³/mol. The highest BCUT2D eigenvalue weighted by Gasteiger charge is 2.30. The van der Waals surface area contributed by atoms with E-state index in [-0.39, 0.29) is 12.1 Å². The molecular weight excluding hydrogens is 342 g/mol. The van der Waals surface area contributed by atoms with Crippen LogP contribution in [0.3, 0.4) is 0 Å². The molecule has 1 aromatic heterocycles. The lowest BCUT2D eigenvalue weighted by Gasteiger charge is -2.37. The molecule has 2 heterocycles. The third-order valence-electron chi connectivity index (χ3n) is 4.24. The predicted octanol–water partition coefficient (Wildman–Crippen LogP) is 4.56. The van der Waals surface area contributed by atoms with E-state index in [4.69, 9.17) is 0 Å². The van der Waals surface area contributed by atoms with Gasteiger partial charge in [0.15, 0.2) is 0 Å². The van der Waals surface area contributed by atoms with Gasteiger partial charge in [0.05, 0.1) is 6.04 Å². The van der Waals surface area contributed by atoms with Crippen LogP contribution in [0.1, 0.15) is 30.8 Å². The minimum absolute atomic E-state index is 0.0324. The summed E-state index contributed by atoms with van der Waals surface area (Å²) in [5, 5.41) is 3.00. The Labute approximate surface area is 139 Å². The first-order chi connectivity index (χ1) is 10.6. The zero-order valence-corrected chi connectivity index (χ0v) is 14.4. The topological polar surface area (TPSA) is 37.3 Å². The first kappa shape index (κ1) is 15.2. The van der Waals surface area contributed by atoms with Gasteiger partial charge in [0.2, 0.25) is 0 Å². The van der Waals surface area contributed by atoms with E-state index < -0.39 is 0 Å². The summed E-state index contributed by atoms with van der Waals surface area (Å²) >= 11 is 3.43. The van der Waals surface area contributed by atoms with Crippen LogP contribution < -0.4 is 5.32 Å². The monoisotopic (exact) mass is 361 g/mol. The number of halogens is 1. The molecule has 5 heteroatoms. The fourth-order valence-electron chi connectivity index (χ4n) is 3.14. The standard InChI is InChI=1S/C17H20BrN3O/c1-3-15-16-8-7-12(2)20(16)9-10-21(15)17(22)19-14-6-4-5-13(18)11-14/h4-8,11,15H,3,9-10H2,1-2H3,(H,19,22). The quantitative estimate of drug-likeness (QED) is 0.836. The van der Waals surface area contributed by atoms with Crippen molar-refractivity contribution in [1.82, 2.24) is 9.47 Å². The number of amides is 2. The van der Waals surface area contributed by atoms with Crippen molar-refractivity contribution < 1.29 is 4.79 Å². The zero-order chi connectivity index (χ0) is 15.7. The number of aromatic nitrogens is 1. The molecule has 0 aliphatic carbocycles. The van der Waals surface area contributed by atoms with Gasteiger partial charge < -0.3 is 14.8 Å². The van der Waals surface area contributed by atoms with Crippen LogP contribution in [-0.4, -0.2) is 22.0 Å². The highest BCUT2D eigenvalue weighted by Crippen LogP contribution is 2.30. The number of urea groups is 1. The van der Waals surface area contributed by atoms with Gasteiger partial charge >= 0.3 is 6.03 Å². The fraction of sp³-hybridized carbons (Fsp3) is 0.353. The number of carbonyl (C=O) groups excluding carboxylic acids is 1. The SMILES string of the molecule is CCC1c2ccc(C)n2CCN1C(=O)Nc1cccc(Br)c1. The van der Waals surface area contributed by atoms with Crippen LogP contribution in [0.2, 0.25) is 0 Å². The fourth-order valence-corrected chi connectivity index (χ4v) is 3.54. The summed E-state index contributed by atoms with van der Waals surface area (Å²) in [4.78, 5) is 14.6. The van der Waals surface area contributed by atoms with Gasteiger partial charge in [-0.3, -0.25) is 0 Å². The number of carbonyl (C=O) groups is 1. The summed E-state index contributed by atoms with van der Waals surface area (Å²) in [6.45, 7) is 5.84. The van der Waals surface area contributed by atoms with Gasteiger partial charge in [-0.05, 0) is 43.7 Å². The molecule has 4 nitrogen and oxygen atoms in total. The molecule has 1 unspecified atom stereocenters. The molecule has 1 aliphatic rings. The Morgan fingerprint density at radius 3 is 2.86 bits per heavy atom. The number of anilines is 1. The Balaban J connectivity index is 1.81. The number of hydrogen-bond donors (Lipinski definition) is 1. The smallest absolute Gasteiger partial charge is 0.322 e. The van der Waals surface area contributed by atoms with Crippen molar-refractivity contribution in [1.29, 1.82) is 0 Å². The number of hydrogen-bond acceptors (Lipinski definition) is 1. The number of aryl methyl sites for hydroxylation is 1. The molecule has 1 aromatic carbocycles. The highest BCUT2D eigenvalue weighted by atomic mass is 79.9. The number of nitrogens with one attached hydrogen (secondary N) is 1. The van der Waals surface area contributed by atoms with Gasteiger partial charge in [-0.1, -0.05) is 28.9 Å². The minimum atomic E-state index is -0.0324. The van der Waals surface area contributed by atoms with Crippen LogP contribution in [0.15, 0.2) is 40.9 Å². The van der Waals surface area contributed by atoms with Crippen molar-refractivity contribution in [2.75, 3.05) is 11.9 Å². The van der Waals surface area contributed by atoms with Crippen molar-refractivity contribution in [2.24, 2.45) is 0 Å². The number of fused-ring (bicyclic) bond motifs is 1. The highest BCUT2D eigenvalue weighted by molar-refractivity contribution is 9.10. The van der Waals surface area contributed by atoms with E-state index in [0.717, 1.165) is 29.7 Å². The van der Waals surface area contributed by atoms with Crippen LogP contribution in [0.5, 0.6) is 0 Å². The van der Waals surface area contributed by atoms with E-state index in [0.29, 0.717) is 0 Å². The number of benzene rings is 1. The van der Waals surface area contributed by atoms with E-state index in [9.17, 15) is 4.79 Å². The van der Waals surface area contributed by atoms with Crippen molar-refractivity contribution in [3.05, 3.63) is 52.3 Å². The van der Waals surface area contributed by atoms with Crippen LogP contribution in [-0.2, 0) is 6.54 Å². The first-order valence-corrected chi connectivity index (χ1v) is 8.38. The molecule has 22 heavy (non-hydrogen) atoms. The van der Waals surface area contributed by atoms with Crippen LogP contribution in [0.4, 0.5) is 10.5 Å². The molecule has 0 saturated carbocycles. The maximum Gasteiger partial charge on any atom is 0.322 e. The first-order valence-electron chi connectivity index (χ1n) is 7.59. The second-order valence-electron chi connectivity index (χ2n) is 5.61.